The van der Waals surface area contributed by atoms with Crippen molar-refractivity contribution in [3.63, 3.8) is 0 Å². The third kappa shape index (κ3) is 3.08. The van der Waals surface area contributed by atoms with Gasteiger partial charge in [-0.15, -0.1) is 0 Å². The molecule has 5 heteroatoms. The number of aromatic nitrogens is 2. The zero-order chi connectivity index (χ0) is 17.4. The van der Waals surface area contributed by atoms with E-state index in [-0.39, 0.29) is 17.3 Å². The molecule has 24 heavy (non-hydrogen) atoms. The molecule has 0 aliphatic carbocycles. The first-order chi connectivity index (χ1) is 11.3. The molecule has 0 amide bonds. The number of ether oxygens (including phenoxy) is 2. The minimum Gasteiger partial charge on any atom is -0.383 e. The summed E-state index contributed by atoms with van der Waals surface area (Å²) < 4.78 is 12.1. The molecule has 5 nitrogen and oxygen atoms in total. The lowest BCUT2D eigenvalue weighted by atomic mass is 9.87. The van der Waals surface area contributed by atoms with Gasteiger partial charge in [-0.2, -0.15) is 0 Å². The SMILES string of the molecule is CC1(C)OCC(CC#Cc2cccc3c(N)ncnc23)OC1(C)C. The maximum Gasteiger partial charge on any atom is 0.134 e. The largest absolute Gasteiger partial charge is 0.383 e. The van der Waals surface area contributed by atoms with Gasteiger partial charge in [0.15, 0.2) is 0 Å². The van der Waals surface area contributed by atoms with Crippen LogP contribution in [0.2, 0.25) is 0 Å². The normalized spacial score (nSPS) is 21.9. The smallest absolute Gasteiger partial charge is 0.134 e. The number of benzene rings is 1. The molecule has 1 aromatic carbocycles. The molecule has 1 saturated heterocycles. The summed E-state index contributed by atoms with van der Waals surface area (Å²) in [5.41, 5.74) is 6.86. The number of fused-ring (bicyclic) bond motifs is 1. The molecule has 0 spiro atoms. The standard InChI is InChI=1S/C19H23N3O2/c1-18(2)19(3,4)24-14(11-23-18)9-5-7-13-8-6-10-15-16(13)21-12-22-17(15)20/h6,8,10,12,14H,9,11H2,1-4H3,(H2,20,21,22). The van der Waals surface area contributed by atoms with Crippen molar-refractivity contribution in [3.8, 4) is 11.8 Å². The summed E-state index contributed by atoms with van der Waals surface area (Å²) in [7, 11) is 0. The molecule has 2 heterocycles. The lowest BCUT2D eigenvalue weighted by Gasteiger charge is -2.47. The van der Waals surface area contributed by atoms with E-state index in [2.05, 4.69) is 49.5 Å². The van der Waals surface area contributed by atoms with Gasteiger partial charge in [-0.25, -0.2) is 9.97 Å². The summed E-state index contributed by atoms with van der Waals surface area (Å²) in [5.74, 6) is 6.84. The quantitative estimate of drug-likeness (QED) is 0.816. The Kier molecular flexibility index (Phi) is 4.20. The van der Waals surface area contributed by atoms with Gasteiger partial charge in [-0.1, -0.05) is 17.9 Å². The Hall–Kier alpha value is -2.16. The molecule has 0 radical (unpaired) electrons. The Morgan fingerprint density at radius 2 is 2.00 bits per heavy atom. The van der Waals surface area contributed by atoms with Crippen molar-refractivity contribution in [1.29, 1.82) is 0 Å². The van der Waals surface area contributed by atoms with E-state index in [0.29, 0.717) is 18.8 Å². The monoisotopic (exact) mass is 325 g/mol. The number of nitrogen functional groups attached to an aromatic ring is 1. The first-order valence-corrected chi connectivity index (χ1v) is 8.10. The van der Waals surface area contributed by atoms with E-state index in [1.54, 1.807) is 0 Å². The number of para-hydroxylation sites is 1. The van der Waals surface area contributed by atoms with Gasteiger partial charge in [-0.05, 0) is 39.8 Å². The summed E-state index contributed by atoms with van der Waals surface area (Å²) in [4.78, 5) is 8.31. The molecule has 1 fully saturated rings. The molecule has 126 valence electrons. The predicted molar refractivity (Wildman–Crippen MR) is 94.4 cm³/mol. The Bertz CT molecular complexity index is 818. The van der Waals surface area contributed by atoms with Crippen LogP contribution in [0, 0.1) is 11.8 Å². The van der Waals surface area contributed by atoms with Gasteiger partial charge in [0.25, 0.3) is 0 Å². The van der Waals surface area contributed by atoms with Crippen molar-refractivity contribution < 1.29 is 9.47 Å². The minimum absolute atomic E-state index is 0.0322. The van der Waals surface area contributed by atoms with Crippen molar-refractivity contribution in [2.45, 2.75) is 51.4 Å². The molecule has 1 aliphatic heterocycles. The molecule has 3 rings (SSSR count). The van der Waals surface area contributed by atoms with Gasteiger partial charge < -0.3 is 15.2 Å². The van der Waals surface area contributed by atoms with Crippen LogP contribution in [0.1, 0.15) is 39.7 Å². The fourth-order valence-corrected chi connectivity index (χ4v) is 2.64. The average molecular weight is 325 g/mol. The number of nitrogens with zero attached hydrogens (tertiary/aromatic N) is 2. The van der Waals surface area contributed by atoms with Crippen LogP contribution in [-0.2, 0) is 9.47 Å². The maximum atomic E-state index is 6.16. The van der Waals surface area contributed by atoms with Crippen LogP contribution in [0.25, 0.3) is 10.9 Å². The number of nitrogens with two attached hydrogens (primary N) is 1. The van der Waals surface area contributed by atoms with Crippen LogP contribution < -0.4 is 5.73 Å². The fraction of sp³-hybridized carbons (Fsp3) is 0.474. The lowest BCUT2D eigenvalue weighted by molar-refractivity contribution is -0.260. The Morgan fingerprint density at radius 1 is 1.21 bits per heavy atom. The van der Waals surface area contributed by atoms with E-state index in [4.69, 9.17) is 15.2 Å². The molecule has 1 unspecified atom stereocenters. The summed E-state index contributed by atoms with van der Waals surface area (Å²) >= 11 is 0. The first kappa shape index (κ1) is 16.7. The third-order valence-corrected chi connectivity index (χ3v) is 4.79. The summed E-state index contributed by atoms with van der Waals surface area (Å²) in [6, 6.07) is 5.75. The van der Waals surface area contributed by atoms with Crippen LogP contribution in [0.3, 0.4) is 0 Å². The van der Waals surface area contributed by atoms with Gasteiger partial charge in [0.05, 0.1) is 35.0 Å². The van der Waals surface area contributed by atoms with Gasteiger partial charge >= 0.3 is 0 Å². The van der Waals surface area contributed by atoms with Crippen LogP contribution >= 0.6 is 0 Å². The maximum absolute atomic E-state index is 6.16. The third-order valence-electron chi connectivity index (χ3n) is 4.79. The molecule has 0 bridgehead atoms. The van der Waals surface area contributed by atoms with Gasteiger partial charge in [-0.3, -0.25) is 0 Å². The molecular weight excluding hydrogens is 302 g/mol. The summed E-state index contributed by atoms with van der Waals surface area (Å²) in [6.07, 6.45) is 2.04. The second-order valence-electron chi connectivity index (χ2n) is 7.04. The van der Waals surface area contributed by atoms with E-state index < -0.39 is 0 Å². The molecule has 1 aromatic heterocycles. The highest BCUT2D eigenvalue weighted by Crippen LogP contribution is 2.35. The number of rotatable bonds is 1. The molecule has 2 N–H and O–H groups in total. The van der Waals surface area contributed by atoms with Gasteiger partial charge in [0.2, 0.25) is 0 Å². The van der Waals surface area contributed by atoms with Crippen molar-refractivity contribution in [2.24, 2.45) is 0 Å². The summed E-state index contributed by atoms with van der Waals surface area (Å²) in [6.45, 7) is 8.76. The highest BCUT2D eigenvalue weighted by atomic mass is 16.6. The minimum atomic E-state index is -0.348. The zero-order valence-corrected chi connectivity index (χ0v) is 14.6. The topological polar surface area (TPSA) is 70.3 Å². The van der Waals surface area contributed by atoms with E-state index in [1.807, 2.05) is 18.2 Å². The molecule has 1 atom stereocenters. The second-order valence-corrected chi connectivity index (χ2v) is 7.04. The van der Waals surface area contributed by atoms with Crippen molar-refractivity contribution >= 4 is 16.7 Å². The van der Waals surface area contributed by atoms with Crippen LogP contribution in [0.15, 0.2) is 24.5 Å². The predicted octanol–water partition coefficient (Wildman–Crippen LogP) is 2.93. The molecule has 2 aromatic rings. The highest BCUT2D eigenvalue weighted by molar-refractivity contribution is 5.91. The Balaban J connectivity index is 1.77. The van der Waals surface area contributed by atoms with E-state index in [0.717, 1.165) is 16.5 Å². The van der Waals surface area contributed by atoms with E-state index in [9.17, 15) is 0 Å². The van der Waals surface area contributed by atoms with Crippen molar-refractivity contribution in [2.75, 3.05) is 12.3 Å². The summed E-state index contributed by atoms with van der Waals surface area (Å²) in [5, 5.41) is 0.824. The van der Waals surface area contributed by atoms with E-state index >= 15 is 0 Å². The molecule has 0 saturated carbocycles. The van der Waals surface area contributed by atoms with E-state index in [1.165, 1.54) is 6.33 Å². The second kappa shape index (κ2) is 6.04. The van der Waals surface area contributed by atoms with Crippen LogP contribution in [0.4, 0.5) is 5.82 Å². The van der Waals surface area contributed by atoms with Gasteiger partial charge in [0.1, 0.15) is 12.1 Å². The lowest BCUT2D eigenvalue weighted by Crippen LogP contribution is -2.56. The molecule has 1 aliphatic rings. The highest BCUT2D eigenvalue weighted by Gasteiger charge is 2.44. The Morgan fingerprint density at radius 3 is 2.75 bits per heavy atom. The number of anilines is 1. The van der Waals surface area contributed by atoms with Gasteiger partial charge in [0, 0.05) is 11.8 Å². The zero-order valence-electron chi connectivity index (χ0n) is 14.6. The number of hydrogen-bond donors (Lipinski definition) is 1. The molecular formula is C19H23N3O2. The first-order valence-electron chi connectivity index (χ1n) is 8.10. The fourth-order valence-electron chi connectivity index (χ4n) is 2.64. The van der Waals surface area contributed by atoms with Crippen LogP contribution in [-0.4, -0.2) is 33.9 Å². The van der Waals surface area contributed by atoms with Crippen molar-refractivity contribution in [1.82, 2.24) is 9.97 Å². The van der Waals surface area contributed by atoms with Crippen LogP contribution in [0.5, 0.6) is 0 Å². The average Bonchev–Trinajstić information content (AvgIpc) is 2.52. The Labute approximate surface area is 142 Å². The number of hydrogen-bond acceptors (Lipinski definition) is 5. The van der Waals surface area contributed by atoms with Crippen molar-refractivity contribution in [3.05, 3.63) is 30.1 Å².